The number of nitrogens with one attached hydrogen (secondary N) is 1. The van der Waals surface area contributed by atoms with Crippen LogP contribution in [0.25, 0.3) is 11.3 Å². The van der Waals surface area contributed by atoms with E-state index in [1.807, 2.05) is 0 Å². The number of hydrogen-bond acceptors (Lipinski definition) is 3. The number of methoxy groups -OCH3 is 1. The molecule has 0 atom stereocenters. The Hall–Kier alpha value is -1.89. The average molecular weight is 292 g/mol. The second kappa shape index (κ2) is 4.65. The molecule has 1 heterocycles. The third-order valence-corrected chi connectivity index (χ3v) is 2.67. The summed E-state index contributed by atoms with van der Waals surface area (Å²) in [5.74, 6) is -0.175. The van der Waals surface area contributed by atoms with Gasteiger partial charge in [-0.1, -0.05) is 11.6 Å². The highest BCUT2D eigenvalue weighted by molar-refractivity contribution is 6.31. The molecular weight excluding hydrogens is 283 g/mol. The Balaban J connectivity index is 2.70. The monoisotopic (exact) mass is 291 g/mol. The predicted molar refractivity (Wildman–Crippen MR) is 65.0 cm³/mol. The molecule has 2 rings (SSSR count). The average Bonchev–Trinajstić information content (AvgIpc) is 2.73. The maximum Gasteiger partial charge on any atom is 0.420 e. The molecule has 0 aliphatic heterocycles. The predicted octanol–water partition coefficient (Wildman–Crippen LogP) is 3.34. The molecule has 0 saturated heterocycles. The van der Waals surface area contributed by atoms with Gasteiger partial charge in [0.25, 0.3) is 0 Å². The lowest BCUT2D eigenvalue weighted by Crippen LogP contribution is -2.08. The Kier molecular flexibility index (Phi) is 3.32. The first kappa shape index (κ1) is 13.5. The van der Waals surface area contributed by atoms with Crippen LogP contribution in [0.15, 0.2) is 18.2 Å². The van der Waals surface area contributed by atoms with E-state index in [4.69, 9.17) is 22.1 Å². The lowest BCUT2D eigenvalue weighted by Gasteiger charge is -2.15. The smallest absolute Gasteiger partial charge is 0.420 e. The topological polar surface area (TPSA) is 63.9 Å². The van der Waals surface area contributed by atoms with Gasteiger partial charge in [0.1, 0.15) is 11.6 Å². The first-order chi connectivity index (χ1) is 8.82. The van der Waals surface area contributed by atoms with Crippen LogP contribution in [0.3, 0.4) is 0 Å². The summed E-state index contributed by atoms with van der Waals surface area (Å²) < 4.78 is 43.6. The SMILES string of the molecule is COc1c(-c2cc(N)n[nH]2)cc(Cl)cc1C(F)(F)F. The summed E-state index contributed by atoms with van der Waals surface area (Å²) in [4.78, 5) is 0. The van der Waals surface area contributed by atoms with Crippen LogP contribution in [-0.2, 0) is 6.18 Å². The van der Waals surface area contributed by atoms with Crippen molar-refractivity contribution in [2.75, 3.05) is 12.8 Å². The first-order valence-electron chi connectivity index (χ1n) is 5.09. The molecule has 3 N–H and O–H groups in total. The van der Waals surface area contributed by atoms with E-state index in [2.05, 4.69) is 10.2 Å². The van der Waals surface area contributed by atoms with Crippen molar-refractivity contribution in [2.45, 2.75) is 6.18 Å². The van der Waals surface area contributed by atoms with Crippen molar-refractivity contribution in [1.82, 2.24) is 10.2 Å². The largest absolute Gasteiger partial charge is 0.495 e. The van der Waals surface area contributed by atoms with Crippen LogP contribution in [0.2, 0.25) is 5.02 Å². The lowest BCUT2D eigenvalue weighted by molar-refractivity contribution is -0.138. The highest BCUT2D eigenvalue weighted by Gasteiger charge is 2.36. The van der Waals surface area contributed by atoms with E-state index in [1.165, 1.54) is 12.1 Å². The Labute approximate surface area is 111 Å². The number of ether oxygens (including phenoxy) is 1. The molecule has 0 bridgehead atoms. The number of nitrogens with zero attached hydrogens (tertiary/aromatic N) is 1. The van der Waals surface area contributed by atoms with Crippen LogP contribution in [0.4, 0.5) is 19.0 Å². The summed E-state index contributed by atoms with van der Waals surface area (Å²) in [6.07, 6.45) is -4.57. The van der Waals surface area contributed by atoms with Crippen molar-refractivity contribution in [3.05, 3.63) is 28.8 Å². The molecule has 0 aliphatic carbocycles. The van der Waals surface area contributed by atoms with Gasteiger partial charge >= 0.3 is 6.18 Å². The van der Waals surface area contributed by atoms with E-state index >= 15 is 0 Å². The van der Waals surface area contributed by atoms with Gasteiger partial charge in [0.2, 0.25) is 0 Å². The molecule has 0 fully saturated rings. The molecule has 0 amide bonds. The van der Waals surface area contributed by atoms with Crippen molar-refractivity contribution in [1.29, 1.82) is 0 Å². The van der Waals surface area contributed by atoms with Crippen LogP contribution in [0.5, 0.6) is 5.75 Å². The number of H-pyrrole nitrogens is 1. The quantitative estimate of drug-likeness (QED) is 0.892. The van der Waals surface area contributed by atoms with Gasteiger partial charge in [-0.15, -0.1) is 0 Å². The fourth-order valence-electron chi connectivity index (χ4n) is 1.70. The normalized spacial score (nSPS) is 11.6. The molecule has 0 saturated carbocycles. The maximum atomic E-state index is 12.9. The number of benzene rings is 1. The number of alkyl halides is 3. The van der Waals surface area contributed by atoms with E-state index in [9.17, 15) is 13.2 Å². The number of rotatable bonds is 2. The van der Waals surface area contributed by atoms with E-state index in [0.717, 1.165) is 13.2 Å². The minimum Gasteiger partial charge on any atom is -0.495 e. The van der Waals surface area contributed by atoms with Crippen molar-refractivity contribution in [2.24, 2.45) is 0 Å². The second-order valence-corrected chi connectivity index (χ2v) is 4.17. The highest BCUT2D eigenvalue weighted by Crippen LogP contribution is 2.43. The Morgan fingerprint density at radius 3 is 2.47 bits per heavy atom. The number of nitrogens with two attached hydrogens (primary N) is 1. The summed E-state index contributed by atoms with van der Waals surface area (Å²) >= 11 is 5.72. The molecule has 4 nitrogen and oxygen atoms in total. The van der Waals surface area contributed by atoms with Gasteiger partial charge in [0.05, 0.1) is 18.4 Å². The third kappa shape index (κ3) is 2.60. The number of hydrogen-bond donors (Lipinski definition) is 2. The third-order valence-electron chi connectivity index (χ3n) is 2.45. The summed E-state index contributed by atoms with van der Waals surface area (Å²) in [6.45, 7) is 0. The molecule has 0 unspecified atom stereocenters. The summed E-state index contributed by atoms with van der Waals surface area (Å²) in [5.41, 5.74) is 4.92. The maximum absolute atomic E-state index is 12.9. The zero-order chi connectivity index (χ0) is 14.2. The molecule has 0 radical (unpaired) electrons. The van der Waals surface area contributed by atoms with Crippen molar-refractivity contribution >= 4 is 17.4 Å². The van der Waals surface area contributed by atoms with Crippen LogP contribution < -0.4 is 10.5 Å². The van der Waals surface area contributed by atoms with Gasteiger partial charge in [0, 0.05) is 16.7 Å². The molecule has 2 aromatic rings. The standard InChI is InChI=1S/C11H9ClF3N3O/c1-19-10-6(8-4-9(16)18-17-8)2-5(12)3-7(10)11(13,14)15/h2-4H,1H3,(H3,16,17,18). The molecule has 19 heavy (non-hydrogen) atoms. The number of halogens is 4. The Bertz CT molecular complexity index is 610. The van der Waals surface area contributed by atoms with E-state index in [0.29, 0.717) is 5.69 Å². The lowest BCUT2D eigenvalue weighted by atomic mass is 10.1. The van der Waals surface area contributed by atoms with Gasteiger partial charge in [-0.3, -0.25) is 5.10 Å². The molecule has 1 aromatic heterocycles. The van der Waals surface area contributed by atoms with Gasteiger partial charge in [-0.2, -0.15) is 18.3 Å². The summed E-state index contributed by atoms with van der Waals surface area (Å²) in [6, 6.07) is 3.56. The zero-order valence-electron chi connectivity index (χ0n) is 9.68. The number of aromatic amines is 1. The van der Waals surface area contributed by atoms with Crippen LogP contribution >= 0.6 is 11.6 Å². The molecule has 0 aliphatic rings. The van der Waals surface area contributed by atoms with E-state index in [1.54, 1.807) is 0 Å². The van der Waals surface area contributed by atoms with Crippen molar-refractivity contribution in [3.8, 4) is 17.0 Å². The van der Waals surface area contributed by atoms with Gasteiger partial charge in [-0.25, -0.2) is 0 Å². The molecule has 102 valence electrons. The fraction of sp³-hybridized carbons (Fsp3) is 0.182. The molecule has 0 spiro atoms. The highest BCUT2D eigenvalue weighted by atomic mass is 35.5. The number of aromatic nitrogens is 2. The first-order valence-corrected chi connectivity index (χ1v) is 5.46. The van der Waals surface area contributed by atoms with Crippen molar-refractivity contribution in [3.63, 3.8) is 0 Å². The van der Waals surface area contributed by atoms with Crippen LogP contribution in [0.1, 0.15) is 5.56 Å². The van der Waals surface area contributed by atoms with E-state index < -0.39 is 11.7 Å². The summed E-state index contributed by atoms with van der Waals surface area (Å²) in [5, 5.41) is 6.13. The molecule has 8 heteroatoms. The van der Waals surface area contributed by atoms with Crippen molar-refractivity contribution < 1.29 is 17.9 Å². The summed E-state index contributed by atoms with van der Waals surface area (Å²) in [7, 11) is 1.15. The van der Waals surface area contributed by atoms with Gasteiger partial charge in [0.15, 0.2) is 0 Å². The number of nitrogen functional groups attached to an aromatic ring is 1. The van der Waals surface area contributed by atoms with Gasteiger partial charge < -0.3 is 10.5 Å². The molecule has 1 aromatic carbocycles. The Morgan fingerprint density at radius 2 is 2.00 bits per heavy atom. The molecular formula is C11H9ClF3N3O. The minimum absolute atomic E-state index is 0.0590. The second-order valence-electron chi connectivity index (χ2n) is 3.74. The van der Waals surface area contributed by atoms with Gasteiger partial charge in [-0.05, 0) is 12.1 Å². The van der Waals surface area contributed by atoms with Crippen LogP contribution in [0, 0.1) is 0 Å². The van der Waals surface area contributed by atoms with E-state index in [-0.39, 0.29) is 22.2 Å². The minimum atomic E-state index is -4.57. The zero-order valence-corrected chi connectivity index (χ0v) is 10.4. The fourth-order valence-corrected chi connectivity index (χ4v) is 1.92. The van der Waals surface area contributed by atoms with Crippen LogP contribution in [-0.4, -0.2) is 17.3 Å². The Morgan fingerprint density at radius 1 is 1.32 bits per heavy atom. The number of anilines is 1.